The van der Waals surface area contributed by atoms with Gasteiger partial charge in [0.1, 0.15) is 0 Å². The molecule has 0 unspecified atom stereocenters. The largest absolute Gasteiger partial charge is 0.396 e. The van der Waals surface area contributed by atoms with Crippen molar-refractivity contribution in [3.05, 3.63) is 47.6 Å². The zero-order valence-corrected chi connectivity index (χ0v) is 22.3. The van der Waals surface area contributed by atoms with Crippen LogP contribution in [0.4, 0.5) is 0 Å². The monoisotopic (exact) mass is 454 g/mol. The Bertz CT molecular complexity index is 817. The first-order valence-corrected chi connectivity index (χ1v) is 13.4. The van der Waals surface area contributed by atoms with E-state index in [1.807, 2.05) is 0 Å². The number of aliphatic hydroxyl groups excluding tert-OH is 2. The Morgan fingerprint density at radius 3 is 2.39 bits per heavy atom. The molecule has 0 bridgehead atoms. The fraction of sp³-hybridized carbons (Fsp3) is 0.742. The molecule has 186 valence electrons. The smallest absolute Gasteiger partial charge is 0.0462 e. The van der Waals surface area contributed by atoms with Crippen molar-refractivity contribution in [2.75, 3.05) is 13.2 Å². The van der Waals surface area contributed by atoms with Gasteiger partial charge >= 0.3 is 0 Å². The van der Waals surface area contributed by atoms with E-state index < -0.39 is 0 Å². The molecule has 2 heteroatoms. The summed E-state index contributed by atoms with van der Waals surface area (Å²) in [5.74, 6) is 1.83. The predicted octanol–water partition coefficient (Wildman–Crippen LogP) is 7.64. The Morgan fingerprint density at radius 1 is 1.12 bits per heavy atom. The van der Waals surface area contributed by atoms with E-state index in [1.165, 1.54) is 29.6 Å². The van der Waals surface area contributed by atoms with Gasteiger partial charge in [-0.05, 0) is 109 Å². The maximum Gasteiger partial charge on any atom is 0.0462 e. The molecule has 0 aromatic carbocycles. The van der Waals surface area contributed by atoms with Crippen molar-refractivity contribution in [1.82, 2.24) is 0 Å². The van der Waals surface area contributed by atoms with E-state index in [-0.39, 0.29) is 29.5 Å². The first-order valence-electron chi connectivity index (χ1n) is 13.4. The molecule has 0 spiro atoms. The Hall–Kier alpha value is -1.12. The highest BCUT2D eigenvalue weighted by Crippen LogP contribution is 2.70. The summed E-state index contributed by atoms with van der Waals surface area (Å²) in [5.41, 5.74) is 6.04. The van der Waals surface area contributed by atoms with E-state index in [4.69, 9.17) is 0 Å². The highest BCUT2D eigenvalue weighted by molar-refractivity contribution is 5.50. The minimum Gasteiger partial charge on any atom is -0.396 e. The second-order valence-corrected chi connectivity index (χ2v) is 12.5. The summed E-state index contributed by atoms with van der Waals surface area (Å²) in [6.45, 7) is 23.2. The fourth-order valence-corrected chi connectivity index (χ4v) is 7.89. The second-order valence-electron chi connectivity index (χ2n) is 12.5. The quantitative estimate of drug-likeness (QED) is 0.333. The SMILES string of the molecule is C=C(CC[C@@H](CO)[C@H]1CC[C@@]2(C)C3=CC[C@@H](C(=C)C)[C@](C)(CCCO)C3=CC[C@]12C)C(C)C. The molecule has 33 heavy (non-hydrogen) atoms. The van der Waals surface area contributed by atoms with Crippen molar-refractivity contribution in [2.24, 2.45) is 39.9 Å². The molecule has 1 fully saturated rings. The van der Waals surface area contributed by atoms with Gasteiger partial charge in [-0.3, -0.25) is 0 Å². The minimum absolute atomic E-state index is 0.0481. The average Bonchev–Trinajstić information content (AvgIpc) is 3.04. The Morgan fingerprint density at radius 2 is 1.82 bits per heavy atom. The molecule has 0 amide bonds. The van der Waals surface area contributed by atoms with Crippen molar-refractivity contribution in [2.45, 2.75) is 92.9 Å². The van der Waals surface area contributed by atoms with Crippen LogP contribution in [0.2, 0.25) is 0 Å². The highest BCUT2D eigenvalue weighted by atomic mass is 16.3. The van der Waals surface area contributed by atoms with Crippen LogP contribution in [0.1, 0.15) is 92.9 Å². The summed E-state index contributed by atoms with van der Waals surface area (Å²) in [5, 5.41) is 20.1. The standard InChI is InChI=1S/C31H50O2/c1-21(2)23(5)10-11-24(20-33)26-14-17-31(8)28-13-12-25(22(3)4)29(6,16-9-19-32)27(28)15-18-30(26,31)7/h13,15,21,24-26,32-33H,3,5,9-12,14,16-20H2,1-2,4,6-8H3/t24-,25-,26+,29-,30+,31-/m0/s1. The molecule has 3 rings (SSSR count). The van der Waals surface area contributed by atoms with Gasteiger partial charge < -0.3 is 10.2 Å². The van der Waals surface area contributed by atoms with Crippen molar-refractivity contribution in [3.63, 3.8) is 0 Å². The van der Waals surface area contributed by atoms with E-state index in [0.717, 1.165) is 38.5 Å². The first kappa shape index (κ1) is 26.5. The lowest BCUT2D eigenvalue weighted by molar-refractivity contribution is 0.0311. The summed E-state index contributed by atoms with van der Waals surface area (Å²) in [4.78, 5) is 0. The molecule has 0 heterocycles. The molecule has 0 aliphatic heterocycles. The van der Waals surface area contributed by atoms with Gasteiger partial charge in [-0.1, -0.05) is 71.1 Å². The zero-order valence-electron chi connectivity index (χ0n) is 22.3. The van der Waals surface area contributed by atoms with Crippen molar-refractivity contribution >= 4 is 0 Å². The highest BCUT2D eigenvalue weighted by Gasteiger charge is 2.61. The van der Waals surface area contributed by atoms with E-state index >= 15 is 0 Å². The number of allylic oxidation sites excluding steroid dienone is 6. The summed E-state index contributed by atoms with van der Waals surface area (Å²) in [6, 6.07) is 0. The van der Waals surface area contributed by atoms with Gasteiger partial charge in [0.25, 0.3) is 0 Å². The summed E-state index contributed by atoms with van der Waals surface area (Å²) < 4.78 is 0. The van der Waals surface area contributed by atoms with Gasteiger partial charge in [0, 0.05) is 13.2 Å². The number of hydrogen-bond donors (Lipinski definition) is 2. The first-order chi connectivity index (χ1) is 15.5. The summed E-state index contributed by atoms with van der Waals surface area (Å²) in [7, 11) is 0. The molecular formula is C31H50O2. The molecule has 0 radical (unpaired) electrons. The van der Waals surface area contributed by atoms with Crippen LogP contribution >= 0.6 is 0 Å². The maximum atomic E-state index is 10.4. The lowest BCUT2D eigenvalue weighted by Gasteiger charge is -2.56. The molecule has 2 nitrogen and oxygen atoms in total. The fourth-order valence-electron chi connectivity index (χ4n) is 7.89. The van der Waals surface area contributed by atoms with Crippen molar-refractivity contribution in [3.8, 4) is 0 Å². The topological polar surface area (TPSA) is 40.5 Å². The van der Waals surface area contributed by atoms with Crippen LogP contribution in [-0.4, -0.2) is 23.4 Å². The van der Waals surface area contributed by atoms with Crippen LogP contribution in [0.3, 0.4) is 0 Å². The molecule has 3 aliphatic rings. The van der Waals surface area contributed by atoms with Gasteiger partial charge in [-0.2, -0.15) is 0 Å². The molecule has 1 saturated carbocycles. The van der Waals surface area contributed by atoms with Crippen molar-refractivity contribution in [1.29, 1.82) is 0 Å². The maximum absolute atomic E-state index is 10.4. The van der Waals surface area contributed by atoms with Crippen LogP contribution < -0.4 is 0 Å². The van der Waals surface area contributed by atoms with Crippen LogP contribution in [0.15, 0.2) is 47.6 Å². The lowest BCUT2D eigenvalue weighted by Crippen LogP contribution is -2.47. The Kier molecular flexibility index (Phi) is 7.91. The molecular weight excluding hydrogens is 404 g/mol. The van der Waals surface area contributed by atoms with E-state index in [0.29, 0.717) is 23.7 Å². The van der Waals surface area contributed by atoms with Gasteiger partial charge in [-0.25, -0.2) is 0 Å². The normalized spacial score (nSPS) is 36.6. The third-order valence-corrected chi connectivity index (χ3v) is 10.5. The Balaban J connectivity index is 1.95. The summed E-state index contributed by atoms with van der Waals surface area (Å²) >= 11 is 0. The number of aliphatic hydroxyl groups is 2. The third kappa shape index (κ3) is 4.36. The number of fused-ring (bicyclic) bond motifs is 3. The van der Waals surface area contributed by atoms with E-state index in [1.54, 1.807) is 5.57 Å². The lowest BCUT2D eigenvalue weighted by atomic mass is 9.48. The van der Waals surface area contributed by atoms with Crippen LogP contribution in [0, 0.1) is 39.9 Å². The van der Waals surface area contributed by atoms with Crippen molar-refractivity contribution < 1.29 is 10.2 Å². The van der Waals surface area contributed by atoms with Gasteiger partial charge in [0.2, 0.25) is 0 Å². The van der Waals surface area contributed by atoms with Crippen LogP contribution in [0.25, 0.3) is 0 Å². The van der Waals surface area contributed by atoms with Gasteiger partial charge in [0.05, 0.1) is 0 Å². The zero-order chi connectivity index (χ0) is 24.6. The minimum atomic E-state index is 0.0481. The molecule has 0 aromatic rings. The summed E-state index contributed by atoms with van der Waals surface area (Å²) in [6.07, 6.45) is 13.6. The van der Waals surface area contributed by atoms with Gasteiger partial charge in [-0.15, -0.1) is 0 Å². The molecule has 3 aliphatic carbocycles. The second kappa shape index (κ2) is 9.86. The average molecular weight is 455 g/mol. The third-order valence-electron chi connectivity index (χ3n) is 10.5. The number of rotatable bonds is 10. The van der Waals surface area contributed by atoms with Crippen LogP contribution in [-0.2, 0) is 0 Å². The predicted molar refractivity (Wildman–Crippen MR) is 141 cm³/mol. The van der Waals surface area contributed by atoms with E-state index in [9.17, 15) is 10.2 Å². The number of hydrogen-bond acceptors (Lipinski definition) is 2. The molecule has 2 N–H and O–H groups in total. The molecule has 0 aromatic heterocycles. The van der Waals surface area contributed by atoms with E-state index in [2.05, 4.69) is 66.9 Å². The molecule has 0 saturated heterocycles. The van der Waals surface area contributed by atoms with Gasteiger partial charge in [0.15, 0.2) is 0 Å². The van der Waals surface area contributed by atoms with Crippen LogP contribution in [0.5, 0.6) is 0 Å². The Labute approximate surface area is 204 Å². The molecule has 6 atom stereocenters.